The second kappa shape index (κ2) is 15.9. The van der Waals surface area contributed by atoms with Gasteiger partial charge in [-0.1, -0.05) is 55.6 Å². The Morgan fingerprint density at radius 3 is 2.31 bits per heavy atom. The third-order valence-corrected chi connectivity index (χ3v) is 9.53. The molecule has 0 heterocycles. The largest absolute Gasteiger partial charge is 0.497 e. The predicted molar refractivity (Wildman–Crippen MR) is 174 cm³/mol. The van der Waals surface area contributed by atoms with Gasteiger partial charge in [0, 0.05) is 34.8 Å². The smallest absolute Gasteiger partial charge is 0.273 e. The molecular formula is C31H36Cl2N4O7S. The van der Waals surface area contributed by atoms with Crippen molar-refractivity contribution in [2.75, 3.05) is 24.5 Å². The number of ether oxygens (including phenoxy) is 1. The zero-order valence-electron chi connectivity index (χ0n) is 25.5. The lowest BCUT2D eigenvalue weighted by molar-refractivity contribution is -0.385. The van der Waals surface area contributed by atoms with Gasteiger partial charge in [-0.05, 0) is 67.8 Å². The van der Waals surface area contributed by atoms with Crippen LogP contribution >= 0.6 is 23.2 Å². The van der Waals surface area contributed by atoms with Gasteiger partial charge in [-0.2, -0.15) is 0 Å². The Hall–Kier alpha value is -3.87. The summed E-state index contributed by atoms with van der Waals surface area (Å²) in [5.74, 6) is -0.640. The number of halogens is 2. The molecule has 0 aromatic heterocycles. The zero-order chi connectivity index (χ0) is 33.3. The lowest BCUT2D eigenvalue weighted by Gasteiger charge is -2.33. The van der Waals surface area contributed by atoms with Crippen LogP contribution in [0.1, 0.15) is 44.2 Å². The van der Waals surface area contributed by atoms with Crippen LogP contribution in [0.3, 0.4) is 0 Å². The van der Waals surface area contributed by atoms with Crippen LogP contribution < -0.4 is 14.4 Å². The van der Waals surface area contributed by atoms with Gasteiger partial charge in [-0.15, -0.1) is 0 Å². The molecule has 0 bridgehead atoms. The summed E-state index contributed by atoms with van der Waals surface area (Å²) in [7, 11) is -3.08. The summed E-state index contributed by atoms with van der Waals surface area (Å²) >= 11 is 12.5. The predicted octanol–water partition coefficient (Wildman–Crippen LogP) is 6.14. The van der Waals surface area contributed by atoms with Crippen LogP contribution in [0.2, 0.25) is 10.0 Å². The number of unbranched alkanes of at least 4 members (excludes halogenated alkanes) is 1. The third-order valence-electron chi connectivity index (χ3n) is 7.18. The quantitative estimate of drug-likeness (QED) is 0.116. The number of aryl methyl sites for hydroxylation is 1. The van der Waals surface area contributed by atoms with E-state index in [0.717, 1.165) is 23.2 Å². The van der Waals surface area contributed by atoms with E-state index in [1.165, 1.54) is 61.4 Å². The number of benzene rings is 3. The summed E-state index contributed by atoms with van der Waals surface area (Å²) in [5.41, 5.74) is 0.502. The van der Waals surface area contributed by atoms with Gasteiger partial charge in [0.05, 0.1) is 22.6 Å². The fourth-order valence-electron chi connectivity index (χ4n) is 4.61. The first-order valence-corrected chi connectivity index (χ1v) is 16.5. The number of carbonyl (C=O) groups is 2. The monoisotopic (exact) mass is 678 g/mol. The first-order valence-electron chi connectivity index (χ1n) is 14.3. The van der Waals surface area contributed by atoms with Crippen molar-refractivity contribution in [3.05, 3.63) is 92.0 Å². The van der Waals surface area contributed by atoms with E-state index in [1.54, 1.807) is 19.1 Å². The van der Waals surface area contributed by atoms with Crippen LogP contribution in [0.25, 0.3) is 0 Å². The highest BCUT2D eigenvalue weighted by molar-refractivity contribution is 7.92. The van der Waals surface area contributed by atoms with E-state index in [0.29, 0.717) is 22.9 Å². The van der Waals surface area contributed by atoms with Crippen molar-refractivity contribution in [3.8, 4) is 5.75 Å². The number of sulfonamides is 1. The summed E-state index contributed by atoms with van der Waals surface area (Å²) in [4.78, 5) is 39.4. The lowest BCUT2D eigenvalue weighted by atomic mass is 10.1. The Bertz CT molecular complexity index is 1640. The van der Waals surface area contributed by atoms with Crippen molar-refractivity contribution in [1.82, 2.24) is 10.2 Å². The van der Waals surface area contributed by atoms with Crippen molar-refractivity contribution in [2.24, 2.45) is 0 Å². The maximum atomic E-state index is 14.2. The van der Waals surface area contributed by atoms with Crippen LogP contribution in [0, 0.1) is 17.0 Å². The average molecular weight is 680 g/mol. The summed E-state index contributed by atoms with van der Waals surface area (Å²) in [5, 5.41) is 15.1. The fourth-order valence-corrected chi connectivity index (χ4v) is 6.51. The molecule has 45 heavy (non-hydrogen) atoms. The molecule has 0 radical (unpaired) electrons. The van der Waals surface area contributed by atoms with Gasteiger partial charge >= 0.3 is 0 Å². The third kappa shape index (κ3) is 8.86. The molecule has 1 N–H and O–H groups in total. The maximum absolute atomic E-state index is 14.2. The summed E-state index contributed by atoms with van der Waals surface area (Å²) < 4.78 is 34.3. The Balaban J connectivity index is 2.12. The van der Waals surface area contributed by atoms with E-state index in [-0.39, 0.29) is 39.8 Å². The van der Waals surface area contributed by atoms with E-state index in [2.05, 4.69) is 5.32 Å². The molecule has 3 aromatic carbocycles. The Morgan fingerprint density at radius 2 is 1.73 bits per heavy atom. The number of carbonyl (C=O) groups excluding carboxylic acids is 2. The molecule has 0 aliphatic heterocycles. The fraction of sp³-hybridized carbons (Fsp3) is 0.355. The van der Waals surface area contributed by atoms with E-state index >= 15 is 0 Å². The number of nitro benzene ring substituents is 1. The molecular weight excluding hydrogens is 643 g/mol. The molecule has 0 aliphatic carbocycles. The average Bonchev–Trinajstić information content (AvgIpc) is 3.00. The molecule has 0 spiro atoms. The molecule has 0 saturated carbocycles. The van der Waals surface area contributed by atoms with Crippen molar-refractivity contribution in [3.63, 3.8) is 0 Å². The SMILES string of the molecule is CCCCNC(=O)[C@@H](CC)N(Cc1ccc(Cl)cc1Cl)C(=O)CN(c1ccc(OC)cc1)S(=O)(=O)c1ccc(C)c([N+](=O)[O-])c1. The second-order valence-corrected chi connectivity index (χ2v) is 12.9. The van der Waals surface area contributed by atoms with E-state index in [1.807, 2.05) is 6.92 Å². The number of nitrogens with zero attached hydrogens (tertiary/aromatic N) is 3. The van der Waals surface area contributed by atoms with Crippen molar-refractivity contribution < 1.29 is 27.7 Å². The number of methoxy groups -OCH3 is 1. The van der Waals surface area contributed by atoms with Crippen LogP contribution in [0.4, 0.5) is 11.4 Å². The minimum atomic E-state index is -4.54. The minimum Gasteiger partial charge on any atom is -0.497 e. The van der Waals surface area contributed by atoms with Gasteiger partial charge in [-0.3, -0.25) is 24.0 Å². The maximum Gasteiger partial charge on any atom is 0.273 e. The number of nitro groups is 1. The number of anilines is 1. The molecule has 0 aliphatic rings. The topological polar surface area (TPSA) is 139 Å². The molecule has 0 fully saturated rings. The first-order chi connectivity index (χ1) is 21.3. The normalized spacial score (nSPS) is 11.9. The number of amides is 2. The van der Waals surface area contributed by atoms with Gasteiger partial charge in [0.2, 0.25) is 11.8 Å². The molecule has 242 valence electrons. The number of nitrogens with one attached hydrogen (secondary N) is 1. The Morgan fingerprint density at radius 1 is 1.04 bits per heavy atom. The van der Waals surface area contributed by atoms with Gasteiger partial charge in [0.15, 0.2) is 0 Å². The highest BCUT2D eigenvalue weighted by Crippen LogP contribution is 2.30. The van der Waals surface area contributed by atoms with Gasteiger partial charge in [-0.25, -0.2) is 8.42 Å². The highest BCUT2D eigenvalue weighted by atomic mass is 35.5. The molecule has 2 amide bonds. The van der Waals surface area contributed by atoms with Gasteiger partial charge in [0.25, 0.3) is 15.7 Å². The van der Waals surface area contributed by atoms with Crippen LogP contribution in [0.5, 0.6) is 5.75 Å². The lowest BCUT2D eigenvalue weighted by Crippen LogP contribution is -2.52. The van der Waals surface area contributed by atoms with E-state index in [9.17, 15) is 28.1 Å². The summed E-state index contributed by atoms with van der Waals surface area (Å²) in [6.45, 7) is 4.81. The van der Waals surface area contributed by atoms with Gasteiger partial charge < -0.3 is 15.0 Å². The number of rotatable bonds is 15. The number of hydrogen-bond acceptors (Lipinski definition) is 7. The van der Waals surface area contributed by atoms with Crippen LogP contribution in [-0.4, -0.2) is 56.3 Å². The molecule has 0 saturated heterocycles. The van der Waals surface area contributed by atoms with Gasteiger partial charge in [0.1, 0.15) is 18.3 Å². The molecule has 1 atom stereocenters. The molecule has 14 heteroatoms. The zero-order valence-corrected chi connectivity index (χ0v) is 27.8. The van der Waals surface area contributed by atoms with E-state index < -0.39 is 39.3 Å². The van der Waals surface area contributed by atoms with Crippen LogP contribution in [-0.2, 0) is 26.2 Å². The minimum absolute atomic E-state index is 0.109. The summed E-state index contributed by atoms with van der Waals surface area (Å²) in [6, 6.07) is 13.3. The standard InChI is InChI=1S/C31H36Cl2N4O7S/c1-5-7-16-34-31(39)28(6-2)35(19-22-9-10-23(32)17-27(22)33)30(38)20-36(24-11-13-25(44-4)14-12-24)45(42,43)26-15-8-21(3)29(18-26)37(40)41/h8-15,17-18,28H,5-7,16,19-20H2,1-4H3,(H,34,39)/t28-/m1/s1. The highest BCUT2D eigenvalue weighted by Gasteiger charge is 2.34. The molecule has 0 unspecified atom stereocenters. The Kier molecular flexibility index (Phi) is 12.6. The first kappa shape index (κ1) is 35.6. The second-order valence-electron chi connectivity index (χ2n) is 10.2. The molecule has 11 nitrogen and oxygen atoms in total. The molecule has 3 aromatic rings. The van der Waals surface area contributed by atoms with Crippen molar-refractivity contribution in [1.29, 1.82) is 0 Å². The van der Waals surface area contributed by atoms with Crippen molar-refractivity contribution >= 4 is 56.4 Å². The number of hydrogen-bond donors (Lipinski definition) is 1. The Labute approximate surface area is 273 Å². The molecule has 3 rings (SSSR count). The van der Waals surface area contributed by atoms with Crippen molar-refractivity contribution in [2.45, 2.75) is 57.5 Å². The van der Waals surface area contributed by atoms with E-state index in [4.69, 9.17) is 27.9 Å². The summed E-state index contributed by atoms with van der Waals surface area (Å²) in [6.07, 6.45) is 1.83. The van der Waals surface area contributed by atoms with Crippen LogP contribution in [0.15, 0.2) is 65.6 Å².